The summed E-state index contributed by atoms with van der Waals surface area (Å²) in [6.45, 7) is 1.35. The lowest BCUT2D eigenvalue weighted by atomic mass is 10.1. The van der Waals surface area contributed by atoms with Crippen LogP contribution < -0.4 is 11.1 Å². The number of hydrogen-bond donors (Lipinski definition) is 2. The maximum absolute atomic E-state index is 12.5. The van der Waals surface area contributed by atoms with Crippen molar-refractivity contribution in [1.29, 1.82) is 0 Å². The van der Waals surface area contributed by atoms with E-state index in [-0.39, 0.29) is 6.03 Å². The van der Waals surface area contributed by atoms with Gasteiger partial charge in [-0.3, -0.25) is 0 Å². The highest BCUT2D eigenvalue weighted by Gasteiger charge is 2.32. The van der Waals surface area contributed by atoms with Crippen LogP contribution in [-0.4, -0.2) is 30.1 Å². The molecule has 4 heteroatoms. The van der Waals surface area contributed by atoms with Crippen LogP contribution in [0.1, 0.15) is 19.3 Å². The number of anilines is 1. The Bertz CT molecular complexity index is 631. The molecule has 1 saturated carbocycles. The van der Waals surface area contributed by atoms with Crippen LogP contribution in [0.2, 0.25) is 0 Å². The first-order valence-electron chi connectivity index (χ1n) is 7.55. The van der Waals surface area contributed by atoms with E-state index in [1.165, 1.54) is 0 Å². The molecule has 2 amide bonds. The van der Waals surface area contributed by atoms with Crippen molar-refractivity contribution in [3.05, 3.63) is 42.5 Å². The minimum absolute atomic E-state index is 0.0118. The molecule has 0 atom stereocenters. The maximum Gasteiger partial charge on any atom is 0.322 e. The number of rotatable bonds is 5. The Labute approximate surface area is 124 Å². The van der Waals surface area contributed by atoms with Gasteiger partial charge in [0.2, 0.25) is 0 Å². The summed E-state index contributed by atoms with van der Waals surface area (Å²) in [6, 6.07) is 14.4. The van der Waals surface area contributed by atoms with Crippen LogP contribution in [0, 0.1) is 0 Å². The van der Waals surface area contributed by atoms with Gasteiger partial charge in [-0.15, -0.1) is 0 Å². The first-order chi connectivity index (χ1) is 10.3. The Balaban J connectivity index is 1.78. The van der Waals surface area contributed by atoms with Crippen molar-refractivity contribution in [3.63, 3.8) is 0 Å². The average molecular weight is 283 g/mol. The summed E-state index contributed by atoms with van der Waals surface area (Å²) in [4.78, 5) is 14.4. The van der Waals surface area contributed by atoms with Crippen molar-refractivity contribution in [2.75, 3.05) is 18.4 Å². The van der Waals surface area contributed by atoms with E-state index in [1.54, 1.807) is 0 Å². The van der Waals surface area contributed by atoms with Crippen molar-refractivity contribution in [2.24, 2.45) is 5.73 Å². The number of fused-ring (bicyclic) bond motifs is 1. The molecule has 3 N–H and O–H groups in total. The van der Waals surface area contributed by atoms with Crippen molar-refractivity contribution in [1.82, 2.24) is 4.90 Å². The van der Waals surface area contributed by atoms with E-state index in [1.807, 2.05) is 35.2 Å². The standard InChI is InChI=1S/C17H21N3O/c18-11-4-12-20(14-9-10-14)17(21)19-16-8-3-6-13-5-1-2-7-15(13)16/h1-3,5-8,14H,4,9-12,18H2,(H,19,21). The normalized spacial score (nSPS) is 14.1. The zero-order chi connectivity index (χ0) is 14.7. The van der Waals surface area contributed by atoms with Crippen LogP contribution in [0.15, 0.2) is 42.5 Å². The molecule has 0 aromatic heterocycles. The molecule has 21 heavy (non-hydrogen) atoms. The van der Waals surface area contributed by atoms with Crippen LogP contribution in [0.25, 0.3) is 10.8 Å². The van der Waals surface area contributed by atoms with Gasteiger partial charge in [-0.2, -0.15) is 0 Å². The third kappa shape index (κ3) is 3.16. The SMILES string of the molecule is NCCCN(C(=O)Nc1cccc2ccccc12)C1CC1. The van der Waals surface area contributed by atoms with Gasteiger partial charge < -0.3 is 16.0 Å². The van der Waals surface area contributed by atoms with E-state index in [4.69, 9.17) is 5.73 Å². The summed E-state index contributed by atoms with van der Waals surface area (Å²) in [5.41, 5.74) is 6.44. The molecule has 2 aromatic carbocycles. The summed E-state index contributed by atoms with van der Waals surface area (Å²) in [5, 5.41) is 5.27. The zero-order valence-corrected chi connectivity index (χ0v) is 12.1. The van der Waals surface area contributed by atoms with Gasteiger partial charge in [-0.25, -0.2) is 4.79 Å². The van der Waals surface area contributed by atoms with Gasteiger partial charge in [0.1, 0.15) is 0 Å². The fraction of sp³-hybridized carbons (Fsp3) is 0.353. The molecule has 1 aliphatic rings. The summed E-state index contributed by atoms with van der Waals surface area (Å²) >= 11 is 0. The molecular weight excluding hydrogens is 262 g/mol. The summed E-state index contributed by atoms with van der Waals surface area (Å²) in [6.07, 6.45) is 3.06. The van der Waals surface area contributed by atoms with Gasteiger partial charge >= 0.3 is 6.03 Å². The van der Waals surface area contributed by atoms with E-state index >= 15 is 0 Å². The molecule has 0 radical (unpaired) electrons. The van der Waals surface area contributed by atoms with Gasteiger partial charge in [-0.05, 0) is 37.3 Å². The molecule has 1 aliphatic carbocycles. The number of amides is 2. The summed E-state index contributed by atoms with van der Waals surface area (Å²) in [5.74, 6) is 0. The Morgan fingerprint density at radius 3 is 2.71 bits per heavy atom. The third-order valence-electron chi connectivity index (χ3n) is 3.88. The number of benzene rings is 2. The predicted molar refractivity (Wildman–Crippen MR) is 86.4 cm³/mol. The number of nitrogens with one attached hydrogen (secondary N) is 1. The average Bonchev–Trinajstić information content (AvgIpc) is 3.33. The van der Waals surface area contributed by atoms with Crippen molar-refractivity contribution >= 4 is 22.5 Å². The van der Waals surface area contributed by atoms with Gasteiger partial charge in [0.25, 0.3) is 0 Å². The van der Waals surface area contributed by atoms with Gasteiger partial charge in [0.05, 0.1) is 5.69 Å². The molecule has 0 heterocycles. The molecule has 3 rings (SSSR count). The first kappa shape index (κ1) is 13.9. The number of urea groups is 1. The molecular formula is C17H21N3O. The highest BCUT2D eigenvalue weighted by molar-refractivity contribution is 6.01. The summed E-state index contributed by atoms with van der Waals surface area (Å²) < 4.78 is 0. The number of carbonyl (C=O) groups is 1. The molecule has 1 fully saturated rings. The predicted octanol–water partition coefficient (Wildman–Crippen LogP) is 3.18. The Morgan fingerprint density at radius 1 is 1.19 bits per heavy atom. The fourth-order valence-electron chi connectivity index (χ4n) is 2.62. The van der Waals surface area contributed by atoms with Crippen molar-refractivity contribution in [2.45, 2.75) is 25.3 Å². The maximum atomic E-state index is 12.5. The molecule has 110 valence electrons. The fourth-order valence-corrected chi connectivity index (χ4v) is 2.62. The highest BCUT2D eigenvalue weighted by atomic mass is 16.2. The molecule has 0 unspecified atom stereocenters. The number of hydrogen-bond acceptors (Lipinski definition) is 2. The molecule has 0 saturated heterocycles. The number of nitrogens with zero attached hydrogens (tertiary/aromatic N) is 1. The Kier molecular flexibility index (Phi) is 4.06. The van der Waals surface area contributed by atoms with Gasteiger partial charge in [0, 0.05) is 18.0 Å². The minimum atomic E-state index is -0.0118. The summed E-state index contributed by atoms with van der Waals surface area (Å²) in [7, 11) is 0. The van der Waals surface area contributed by atoms with Crippen LogP contribution in [0.3, 0.4) is 0 Å². The van der Waals surface area contributed by atoms with E-state index < -0.39 is 0 Å². The van der Waals surface area contributed by atoms with Crippen LogP contribution >= 0.6 is 0 Å². The second kappa shape index (κ2) is 6.14. The largest absolute Gasteiger partial charge is 0.330 e. The van der Waals surface area contributed by atoms with Crippen molar-refractivity contribution < 1.29 is 4.79 Å². The third-order valence-corrected chi connectivity index (χ3v) is 3.88. The molecule has 0 aliphatic heterocycles. The second-order valence-corrected chi connectivity index (χ2v) is 5.52. The van der Waals surface area contributed by atoms with E-state index in [2.05, 4.69) is 17.4 Å². The van der Waals surface area contributed by atoms with Gasteiger partial charge in [0.15, 0.2) is 0 Å². The molecule has 2 aromatic rings. The number of nitrogens with two attached hydrogens (primary N) is 1. The van der Waals surface area contributed by atoms with Crippen LogP contribution in [0.5, 0.6) is 0 Å². The zero-order valence-electron chi connectivity index (χ0n) is 12.1. The molecule has 0 bridgehead atoms. The van der Waals surface area contributed by atoms with E-state index in [0.29, 0.717) is 12.6 Å². The minimum Gasteiger partial charge on any atom is -0.330 e. The Morgan fingerprint density at radius 2 is 1.95 bits per heavy atom. The van der Waals surface area contributed by atoms with Crippen molar-refractivity contribution in [3.8, 4) is 0 Å². The van der Waals surface area contributed by atoms with E-state index in [0.717, 1.165) is 42.3 Å². The second-order valence-electron chi connectivity index (χ2n) is 5.52. The van der Waals surface area contributed by atoms with Gasteiger partial charge in [-0.1, -0.05) is 36.4 Å². The Hall–Kier alpha value is -2.07. The molecule has 0 spiro atoms. The highest BCUT2D eigenvalue weighted by Crippen LogP contribution is 2.29. The molecule has 4 nitrogen and oxygen atoms in total. The quantitative estimate of drug-likeness (QED) is 0.885. The number of carbonyl (C=O) groups excluding carboxylic acids is 1. The van der Waals surface area contributed by atoms with Crippen LogP contribution in [0.4, 0.5) is 10.5 Å². The lowest BCUT2D eigenvalue weighted by Gasteiger charge is -2.23. The first-order valence-corrected chi connectivity index (χ1v) is 7.55. The lowest BCUT2D eigenvalue weighted by molar-refractivity contribution is 0.208. The smallest absolute Gasteiger partial charge is 0.322 e. The topological polar surface area (TPSA) is 58.4 Å². The van der Waals surface area contributed by atoms with Crippen LogP contribution in [-0.2, 0) is 0 Å². The monoisotopic (exact) mass is 283 g/mol. The lowest BCUT2D eigenvalue weighted by Crippen LogP contribution is -2.38. The van der Waals surface area contributed by atoms with E-state index in [9.17, 15) is 4.79 Å².